The van der Waals surface area contributed by atoms with Crippen molar-refractivity contribution in [3.05, 3.63) is 44.7 Å². The van der Waals surface area contributed by atoms with Gasteiger partial charge in [0, 0.05) is 40.1 Å². The first-order chi connectivity index (χ1) is 18.3. The SMILES string of the molecule is Nc1nc(/C(=N/O)C(=O)N[C@@H]2C(=O)N3C(C(=O)[O-])=C(Sc4ccncc4CSCCC[NH3+])CS[C@H]23)c(Cl)s1. The molecule has 0 aromatic carbocycles. The third-order valence-electron chi connectivity index (χ3n) is 5.44. The van der Waals surface area contributed by atoms with Crippen LogP contribution in [0.15, 0.2) is 39.1 Å². The van der Waals surface area contributed by atoms with Crippen LogP contribution < -0.4 is 21.9 Å². The molecule has 0 spiro atoms. The third-order valence-corrected chi connectivity index (χ3v) is 10.3. The standard InChI is InChI=1S/C21H22ClN7O5S4/c22-16-12(27-21(24)38-16)13(28-34)17(30)26-14-18(31)29-15(20(32)33)11(8-36-19(14)29)37-10-2-4-25-6-9(10)7-35-5-1-3-23/h2,4,6,14,19,34H,1,3,5,7-8,23H2,(H2,24,27)(H,26,30)(H,32,33)/b28-13-/t14-,19-/m1/s1. The summed E-state index contributed by atoms with van der Waals surface area (Å²) in [6.07, 6.45) is 4.38. The number of fused-ring (bicyclic) bond motifs is 1. The smallest absolute Gasteiger partial charge is 0.276 e. The highest BCUT2D eigenvalue weighted by Crippen LogP contribution is 2.45. The summed E-state index contributed by atoms with van der Waals surface area (Å²) in [6, 6.07) is 0.756. The fraction of sp³-hybridized carbons (Fsp3) is 0.333. The van der Waals surface area contributed by atoms with Crippen molar-refractivity contribution in [1.82, 2.24) is 20.2 Å². The van der Waals surface area contributed by atoms with Crippen molar-refractivity contribution in [2.75, 3.05) is 23.8 Å². The first-order valence-corrected chi connectivity index (χ1v) is 15.3. The summed E-state index contributed by atoms with van der Waals surface area (Å²) in [6.45, 7) is 0.856. The summed E-state index contributed by atoms with van der Waals surface area (Å²) in [5.41, 5.74) is 9.53. The van der Waals surface area contributed by atoms with Crippen molar-refractivity contribution in [3.63, 3.8) is 0 Å². The lowest BCUT2D eigenvalue weighted by atomic mass is 10.0. The number of hydrogen-bond donors (Lipinski definition) is 4. The number of carboxylic acid groups (broad SMARTS) is 1. The Balaban J connectivity index is 1.50. The normalized spacial score (nSPS) is 19.3. The number of amides is 2. The van der Waals surface area contributed by atoms with Gasteiger partial charge in [-0.15, -0.1) is 11.8 Å². The average Bonchev–Trinajstić information content (AvgIpc) is 3.23. The van der Waals surface area contributed by atoms with Gasteiger partial charge >= 0.3 is 0 Å². The van der Waals surface area contributed by atoms with Gasteiger partial charge in [0.1, 0.15) is 21.4 Å². The molecule has 12 nitrogen and oxygen atoms in total. The van der Waals surface area contributed by atoms with Crippen LogP contribution in [-0.4, -0.2) is 73.0 Å². The quantitative estimate of drug-likeness (QED) is 0.0869. The van der Waals surface area contributed by atoms with Crippen LogP contribution in [0.4, 0.5) is 5.13 Å². The molecule has 17 heteroatoms. The molecule has 7 N–H and O–H groups in total. The number of halogens is 1. The van der Waals surface area contributed by atoms with Crippen LogP contribution in [-0.2, 0) is 20.1 Å². The van der Waals surface area contributed by atoms with Crippen LogP contribution in [0.2, 0.25) is 4.34 Å². The molecule has 1 fully saturated rings. The third kappa shape index (κ3) is 5.89. The zero-order chi connectivity index (χ0) is 27.4. The van der Waals surface area contributed by atoms with Gasteiger partial charge in [0.05, 0.1) is 18.2 Å². The molecule has 2 atom stereocenters. The highest BCUT2D eigenvalue weighted by atomic mass is 35.5. The van der Waals surface area contributed by atoms with Crippen LogP contribution in [0.3, 0.4) is 0 Å². The zero-order valence-electron chi connectivity index (χ0n) is 19.6. The second-order valence-electron chi connectivity index (χ2n) is 7.89. The maximum Gasteiger partial charge on any atom is 0.276 e. The molecule has 4 heterocycles. The lowest BCUT2D eigenvalue weighted by Crippen LogP contribution is -2.71. The zero-order valence-corrected chi connectivity index (χ0v) is 23.6. The number of carbonyl (C=O) groups excluding carboxylic acids is 3. The Morgan fingerprint density at radius 2 is 2.24 bits per heavy atom. The number of thiazole rings is 1. The second kappa shape index (κ2) is 12.6. The van der Waals surface area contributed by atoms with E-state index in [0.717, 1.165) is 45.4 Å². The van der Waals surface area contributed by atoms with E-state index in [9.17, 15) is 24.7 Å². The molecule has 4 rings (SSSR count). The minimum atomic E-state index is -1.49. The van der Waals surface area contributed by atoms with E-state index in [4.69, 9.17) is 17.3 Å². The van der Waals surface area contributed by atoms with Gasteiger partial charge < -0.3 is 31.9 Å². The fourth-order valence-corrected chi connectivity index (χ4v) is 8.26. The summed E-state index contributed by atoms with van der Waals surface area (Å²) in [4.78, 5) is 48.4. The highest BCUT2D eigenvalue weighted by molar-refractivity contribution is 8.06. The minimum absolute atomic E-state index is 0.0409. The molecule has 2 aliphatic heterocycles. The Morgan fingerprint density at radius 1 is 1.45 bits per heavy atom. The molecule has 38 heavy (non-hydrogen) atoms. The van der Waals surface area contributed by atoms with Crippen LogP contribution in [0.25, 0.3) is 0 Å². The van der Waals surface area contributed by atoms with Crippen molar-refractivity contribution >= 4 is 86.9 Å². The highest BCUT2D eigenvalue weighted by Gasteiger charge is 2.53. The molecule has 0 bridgehead atoms. The van der Waals surface area contributed by atoms with Gasteiger partial charge in [0.15, 0.2) is 10.8 Å². The van der Waals surface area contributed by atoms with E-state index in [0.29, 0.717) is 10.7 Å². The number of carboxylic acids is 1. The van der Waals surface area contributed by atoms with Crippen LogP contribution >= 0.6 is 58.2 Å². The molecule has 2 aromatic heterocycles. The predicted octanol–water partition coefficient (Wildman–Crippen LogP) is -0.0291. The van der Waals surface area contributed by atoms with E-state index in [2.05, 4.69) is 26.2 Å². The number of oxime groups is 1. The number of pyridine rings is 1. The topological polar surface area (TPSA) is 202 Å². The molecular formula is C21H22ClN7O5S4. The number of hydrogen-bond acceptors (Lipinski definition) is 13. The average molecular weight is 616 g/mol. The molecule has 0 unspecified atom stereocenters. The van der Waals surface area contributed by atoms with Gasteiger partial charge in [-0.3, -0.25) is 19.5 Å². The van der Waals surface area contributed by atoms with Gasteiger partial charge in [0.2, 0.25) is 0 Å². The number of nitrogens with one attached hydrogen (secondary N) is 1. The number of anilines is 1. The van der Waals surface area contributed by atoms with Crippen LogP contribution in [0.1, 0.15) is 17.7 Å². The number of β-lactam (4-membered cyclic amide) rings is 1. The molecule has 0 aliphatic carbocycles. The first kappa shape index (κ1) is 28.5. The Labute approximate surface area is 238 Å². The van der Waals surface area contributed by atoms with Crippen molar-refractivity contribution < 1.29 is 30.4 Å². The van der Waals surface area contributed by atoms with Crippen LogP contribution in [0.5, 0.6) is 0 Å². The van der Waals surface area contributed by atoms with E-state index in [-0.39, 0.29) is 26.6 Å². The minimum Gasteiger partial charge on any atom is -0.543 e. The Kier molecular flexibility index (Phi) is 9.43. The van der Waals surface area contributed by atoms with Gasteiger partial charge in [-0.25, -0.2) is 4.98 Å². The molecule has 2 amide bonds. The van der Waals surface area contributed by atoms with Gasteiger partial charge in [0.25, 0.3) is 11.8 Å². The maximum absolute atomic E-state index is 13.0. The van der Waals surface area contributed by atoms with E-state index in [1.54, 1.807) is 24.2 Å². The Bertz CT molecular complexity index is 1320. The molecule has 202 valence electrons. The molecule has 0 radical (unpaired) electrons. The molecule has 1 saturated heterocycles. The summed E-state index contributed by atoms with van der Waals surface area (Å²) in [5, 5.41) is 26.3. The van der Waals surface area contributed by atoms with Crippen molar-refractivity contribution in [2.45, 2.75) is 28.5 Å². The lowest BCUT2D eigenvalue weighted by molar-refractivity contribution is -0.367. The number of rotatable bonds is 11. The van der Waals surface area contributed by atoms with E-state index in [1.165, 1.54) is 23.5 Å². The Morgan fingerprint density at radius 3 is 2.89 bits per heavy atom. The second-order valence-corrected chi connectivity index (χ2v) is 12.9. The summed E-state index contributed by atoms with van der Waals surface area (Å²) < 4.78 is 0.0409. The summed E-state index contributed by atoms with van der Waals surface area (Å²) in [5.74, 6) is -1.09. The number of quaternary nitrogens is 1. The van der Waals surface area contributed by atoms with Crippen LogP contribution in [0, 0.1) is 0 Å². The van der Waals surface area contributed by atoms with Crippen molar-refractivity contribution in [1.29, 1.82) is 0 Å². The number of nitrogens with zero attached hydrogens (tertiary/aromatic N) is 4. The van der Waals surface area contributed by atoms with E-state index in [1.807, 2.05) is 6.07 Å². The van der Waals surface area contributed by atoms with E-state index >= 15 is 0 Å². The monoisotopic (exact) mass is 615 g/mol. The number of carbonyl (C=O) groups is 3. The first-order valence-electron chi connectivity index (χ1n) is 11.1. The Hall–Kier alpha value is -2.50. The molecular weight excluding hydrogens is 594 g/mol. The molecule has 2 aliphatic rings. The number of aliphatic carboxylic acids is 1. The number of nitrogens with two attached hydrogens (primary N) is 1. The number of aromatic nitrogens is 2. The maximum atomic E-state index is 13.0. The van der Waals surface area contributed by atoms with Crippen molar-refractivity contribution in [3.8, 4) is 0 Å². The number of thioether (sulfide) groups is 3. The fourth-order valence-electron chi connectivity index (χ4n) is 3.67. The van der Waals surface area contributed by atoms with Gasteiger partial charge in [-0.2, -0.15) is 11.8 Å². The molecule has 0 saturated carbocycles. The van der Waals surface area contributed by atoms with Gasteiger partial charge in [-0.05, 0) is 17.4 Å². The summed E-state index contributed by atoms with van der Waals surface area (Å²) in [7, 11) is 0. The summed E-state index contributed by atoms with van der Waals surface area (Å²) >= 11 is 11.2. The van der Waals surface area contributed by atoms with Crippen molar-refractivity contribution in [2.24, 2.45) is 5.16 Å². The van der Waals surface area contributed by atoms with Gasteiger partial charge in [-0.1, -0.05) is 39.9 Å². The molecule has 2 aromatic rings. The van der Waals surface area contributed by atoms with E-state index < -0.39 is 34.9 Å². The largest absolute Gasteiger partial charge is 0.543 e. The lowest BCUT2D eigenvalue weighted by Gasteiger charge is -2.50. The number of nitrogen functional groups attached to an aromatic ring is 1. The predicted molar refractivity (Wildman–Crippen MR) is 146 cm³/mol.